The minimum absolute atomic E-state index is 0.0552. The van der Waals surface area contributed by atoms with Crippen molar-refractivity contribution in [3.63, 3.8) is 0 Å². The lowest BCUT2D eigenvalue weighted by atomic mass is 10.1. The fraction of sp³-hybridized carbons (Fsp3) is 0.103. The SMILES string of the molecule is COc1ccc(-c2cc(C(F)(F)F)n3nc(C(=O)Nc4ccc(Oc5ccc(C(C)=O)cc5)cc4)cc3n2)cc1. The second kappa shape index (κ2) is 10.5. The van der Waals surface area contributed by atoms with Gasteiger partial charge in [-0.1, -0.05) is 0 Å². The van der Waals surface area contributed by atoms with Gasteiger partial charge in [-0.25, -0.2) is 9.50 Å². The van der Waals surface area contributed by atoms with Crippen LogP contribution in [0, 0.1) is 0 Å². The largest absolute Gasteiger partial charge is 0.497 e. The number of nitrogens with one attached hydrogen (secondary N) is 1. The maximum Gasteiger partial charge on any atom is 0.433 e. The predicted octanol–water partition coefficient (Wildman–Crippen LogP) is 6.67. The van der Waals surface area contributed by atoms with Gasteiger partial charge in [-0.2, -0.15) is 18.3 Å². The minimum Gasteiger partial charge on any atom is -0.497 e. The number of hydrogen-bond donors (Lipinski definition) is 1. The van der Waals surface area contributed by atoms with Crippen LogP contribution in [0.2, 0.25) is 0 Å². The Balaban J connectivity index is 1.36. The average Bonchev–Trinajstić information content (AvgIpc) is 3.38. The van der Waals surface area contributed by atoms with E-state index in [4.69, 9.17) is 9.47 Å². The molecule has 8 nitrogen and oxygen atoms in total. The van der Waals surface area contributed by atoms with Crippen molar-refractivity contribution in [2.75, 3.05) is 12.4 Å². The zero-order valence-electron chi connectivity index (χ0n) is 21.2. The molecular formula is C29H21F3N4O4. The van der Waals surface area contributed by atoms with E-state index in [9.17, 15) is 22.8 Å². The van der Waals surface area contributed by atoms with Gasteiger partial charge in [-0.05, 0) is 85.8 Å². The van der Waals surface area contributed by atoms with E-state index in [-0.39, 0.29) is 22.8 Å². The van der Waals surface area contributed by atoms with E-state index in [2.05, 4.69) is 15.4 Å². The summed E-state index contributed by atoms with van der Waals surface area (Å²) in [5.74, 6) is 0.783. The highest BCUT2D eigenvalue weighted by Gasteiger charge is 2.35. The number of nitrogens with zero attached hydrogens (tertiary/aromatic N) is 3. The normalized spacial score (nSPS) is 11.3. The van der Waals surface area contributed by atoms with Crippen molar-refractivity contribution in [2.45, 2.75) is 13.1 Å². The second-order valence-corrected chi connectivity index (χ2v) is 8.71. The van der Waals surface area contributed by atoms with Crippen molar-refractivity contribution in [1.29, 1.82) is 0 Å². The number of anilines is 1. The molecule has 2 aromatic heterocycles. The number of ether oxygens (including phenoxy) is 2. The van der Waals surface area contributed by atoms with Gasteiger partial charge in [0, 0.05) is 22.9 Å². The Morgan fingerprint density at radius 2 is 1.45 bits per heavy atom. The summed E-state index contributed by atoms with van der Waals surface area (Å²) in [6, 6.07) is 21.5. The van der Waals surface area contributed by atoms with Crippen LogP contribution in [0.3, 0.4) is 0 Å². The first-order chi connectivity index (χ1) is 19.1. The Labute approximate surface area is 226 Å². The van der Waals surface area contributed by atoms with E-state index in [0.717, 1.165) is 6.07 Å². The molecule has 0 radical (unpaired) electrons. The number of methoxy groups -OCH3 is 1. The fourth-order valence-electron chi connectivity index (χ4n) is 3.89. The van der Waals surface area contributed by atoms with Gasteiger partial charge < -0.3 is 14.8 Å². The highest BCUT2D eigenvalue weighted by molar-refractivity contribution is 6.03. The zero-order valence-corrected chi connectivity index (χ0v) is 21.2. The first-order valence-corrected chi connectivity index (χ1v) is 11.9. The molecule has 0 fully saturated rings. The summed E-state index contributed by atoms with van der Waals surface area (Å²) < 4.78 is 53.2. The molecule has 202 valence electrons. The molecule has 0 spiro atoms. The van der Waals surface area contributed by atoms with Gasteiger partial charge in [-0.15, -0.1) is 0 Å². The maximum absolute atomic E-state index is 13.9. The average molecular weight is 547 g/mol. The summed E-state index contributed by atoms with van der Waals surface area (Å²) in [5, 5.41) is 6.50. The Morgan fingerprint density at radius 3 is 2.02 bits per heavy atom. The molecule has 3 aromatic carbocycles. The van der Waals surface area contributed by atoms with Gasteiger partial charge in [0.1, 0.15) is 17.2 Å². The number of halogens is 3. The number of rotatable bonds is 7. The topological polar surface area (TPSA) is 94.8 Å². The van der Waals surface area contributed by atoms with E-state index in [0.29, 0.717) is 38.6 Å². The quantitative estimate of drug-likeness (QED) is 0.229. The minimum atomic E-state index is -4.75. The highest BCUT2D eigenvalue weighted by atomic mass is 19.4. The van der Waals surface area contributed by atoms with Crippen molar-refractivity contribution in [3.05, 3.63) is 102 Å². The van der Waals surface area contributed by atoms with E-state index >= 15 is 0 Å². The molecule has 0 aliphatic heterocycles. The summed E-state index contributed by atoms with van der Waals surface area (Å²) in [4.78, 5) is 28.6. The molecule has 1 N–H and O–H groups in total. The van der Waals surface area contributed by atoms with Crippen molar-refractivity contribution in [3.8, 4) is 28.5 Å². The molecule has 0 unspecified atom stereocenters. The van der Waals surface area contributed by atoms with Gasteiger partial charge in [0.05, 0.1) is 12.8 Å². The highest BCUT2D eigenvalue weighted by Crippen LogP contribution is 2.33. The van der Waals surface area contributed by atoms with Crippen molar-refractivity contribution in [1.82, 2.24) is 14.6 Å². The molecule has 0 aliphatic carbocycles. The number of amides is 1. The second-order valence-electron chi connectivity index (χ2n) is 8.71. The summed E-state index contributed by atoms with van der Waals surface area (Å²) >= 11 is 0. The summed E-state index contributed by atoms with van der Waals surface area (Å²) in [6.07, 6.45) is -4.75. The number of carbonyl (C=O) groups is 2. The van der Waals surface area contributed by atoms with Crippen LogP contribution in [-0.4, -0.2) is 33.4 Å². The van der Waals surface area contributed by atoms with Gasteiger partial charge >= 0.3 is 6.18 Å². The number of alkyl halides is 3. The van der Waals surface area contributed by atoms with Gasteiger partial charge in [0.25, 0.3) is 5.91 Å². The molecule has 11 heteroatoms. The first kappa shape index (κ1) is 26.4. The van der Waals surface area contributed by atoms with E-state index in [1.165, 1.54) is 20.1 Å². The summed E-state index contributed by atoms with van der Waals surface area (Å²) in [5.41, 5.74) is 0.0106. The van der Waals surface area contributed by atoms with Gasteiger partial charge in [-0.3, -0.25) is 9.59 Å². The third-order valence-electron chi connectivity index (χ3n) is 5.94. The van der Waals surface area contributed by atoms with Crippen LogP contribution in [0.25, 0.3) is 16.9 Å². The Bertz CT molecular complexity index is 1700. The Kier molecular flexibility index (Phi) is 6.95. The number of Topliss-reactive ketones (excluding diaryl/α,β-unsaturated/α-hetero) is 1. The monoisotopic (exact) mass is 546 g/mol. The van der Waals surface area contributed by atoms with Gasteiger partial charge in [0.15, 0.2) is 22.8 Å². The molecule has 0 aliphatic rings. The van der Waals surface area contributed by atoms with Crippen molar-refractivity contribution >= 4 is 23.0 Å². The number of carbonyl (C=O) groups excluding carboxylic acids is 2. The molecule has 40 heavy (non-hydrogen) atoms. The Hall–Kier alpha value is -5.19. The first-order valence-electron chi connectivity index (χ1n) is 11.9. The van der Waals surface area contributed by atoms with Crippen LogP contribution in [0.15, 0.2) is 84.9 Å². The third-order valence-corrected chi connectivity index (χ3v) is 5.94. The maximum atomic E-state index is 13.9. The summed E-state index contributed by atoms with van der Waals surface area (Å²) in [6.45, 7) is 1.47. The lowest BCUT2D eigenvalue weighted by molar-refractivity contribution is -0.142. The van der Waals surface area contributed by atoms with Crippen LogP contribution < -0.4 is 14.8 Å². The molecule has 0 saturated heterocycles. The number of fused-ring (bicyclic) bond motifs is 1. The van der Waals surface area contributed by atoms with E-state index in [1.807, 2.05) is 0 Å². The molecule has 5 aromatic rings. The molecule has 5 rings (SSSR count). The Morgan fingerprint density at radius 1 is 0.850 bits per heavy atom. The fourth-order valence-corrected chi connectivity index (χ4v) is 3.89. The van der Waals surface area contributed by atoms with Crippen LogP contribution >= 0.6 is 0 Å². The van der Waals surface area contributed by atoms with E-state index < -0.39 is 17.8 Å². The standard InChI is InChI=1S/C29H21F3N4O4/c1-17(37)18-3-11-22(12-4-18)40-23-13-7-20(8-14-23)33-28(38)25-16-27-34-24(19-5-9-21(39-2)10-6-19)15-26(29(30,31)32)36(27)35-25/h3-16H,1-2H3,(H,33,38). The summed E-state index contributed by atoms with van der Waals surface area (Å²) in [7, 11) is 1.49. The number of hydrogen-bond acceptors (Lipinski definition) is 6. The molecular weight excluding hydrogens is 525 g/mol. The van der Waals surface area contributed by atoms with Crippen molar-refractivity contribution in [2.24, 2.45) is 0 Å². The molecule has 0 atom stereocenters. The van der Waals surface area contributed by atoms with Gasteiger partial charge in [0.2, 0.25) is 0 Å². The number of aromatic nitrogens is 3. The molecule has 0 saturated carbocycles. The van der Waals surface area contributed by atoms with Crippen LogP contribution in [0.4, 0.5) is 18.9 Å². The van der Waals surface area contributed by atoms with E-state index in [1.54, 1.807) is 72.8 Å². The molecule has 1 amide bonds. The number of benzene rings is 3. The van der Waals surface area contributed by atoms with Crippen molar-refractivity contribution < 1.29 is 32.2 Å². The lowest BCUT2D eigenvalue weighted by Crippen LogP contribution is -2.15. The van der Waals surface area contributed by atoms with Crippen LogP contribution in [0.5, 0.6) is 17.2 Å². The third kappa shape index (κ3) is 5.63. The van der Waals surface area contributed by atoms with Crippen LogP contribution in [-0.2, 0) is 6.18 Å². The molecule has 2 heterocycles. The van der Waals surface area contributed by atoms with Crippen LogP contribution in [0.1, 0.15) is 33.5 Å². The zero-order chi connectivity index (χ0) is 28.4. The molecule has 0 bridgehead atoms. The smallest absolute Gasteiger partial charge is 0.433 e. The number of ketones is 1. The lowest BCUT2D eigenvalue weighted by Gasteiger charge is -2.11. The predicted molar refractivity (Wildman–Crippen MR) is 141 cm³/mol.